The van der Waals surface area contributed by atoms with Crippen LogP contribution in [0.3, 0.4) is 0 Å². The summed E-state index contributed by atoms with van der Waals surface area (Å²) in [6.45, 7) is 0.345. The van der Waals surface area contributed by atoms with E-state index in [2.05, 4.69) is 10.3 Å². The molecule has 2 unspecified atom stereocenters. The SMILES string of the molecule is Cl.Cn1c(=O)c2c(ncn2CCC(=O)NC2C3CCCC2CC(N)C3)n(C)c1=O. The highest BCUT2D eigenvalue weighted by Crippen LogP contribution is 2.39. The molecule has 2 aromatic rings. The molecule has 0 aliphatic heterocycles. The lowest BCUT2D eigenvalue weighted by atomic mass is 9.67. The fourth-order valence-electron chi connectivity index (χ4n) is 5.07. The standard InChI is InChI=1S/C19H28N6O3.ClH/c1-23-17-16(18(27)24(2)19(23)28)25(10-21-17)7-6-14(26)22-15-11-4-3-5-12(15)9-13(20)8-11;/h10-13,15H,3-9,20H2,1-2H3,(H,22,26);1H. The number of imidazole rings is 1. The van der Waals surface area contributed by atoms with Crippen molar-refractivity contribution in [3.63, 3.8) is 0 Å². The van der Waals surface area contributed by atoms with Gasteiger partial charge in [0.15, 0.2) is 11.2 Å². The van der Waals surface area contributed by atoms with Gasteiger partial charge >= 0.3 is 5.69 Å². The minimum Gasteiger partial charge on any atom is -0.353 e. The summed E-state index contributed by atoms with van der Waals surface area (Å²) in [6, 6.07) is 0.470. The van der Waals surface area contributed by atoms with Gasteiger partial charge in [-0.25, -0.2) is 9.78 Å². The van der Waals surface area contributed by atoms with Crippen LogP contribution in [0.4, 0.5) is 0 Å². The van der Waals surface area contributed by atoms with E-state index in [0.717, 1.165) is 30.3 Å². The Kier molecular flexibility index (Phi) is 6.19. The molecule has 0 radical (unpaired) electrons. The van der Waals surface area contributed by atoms with Crippen molar-refractivity contribution in [2.24, 2.45) is 31.7 Å². The van der Waals surface area contributed by atoms with Crippen molar-refractivity contribution in [2.75, 3.05) is 0 Å². The highest BCUT2D eigenvalue weighted by Gasteiger charge is 2.39. The van der Waals surface area contributed by atoms with Crippen LogP contribution >= 0.6 is 12.4 Å². The quantitative estimate of drug-likeness (QED) is 0.730. The van der Waals surface area contributed by atoms with Gasteiger partial charge in [-0.2, -0.15) is 0 Å². The molecule has 2 fully saturated rings. The van der Waals surface area contributed by atoms with Crippen LogP contribution in [-0.2, 0) is 25.4 Å². The first-order valence-electron chi connectivity index (χ1n) is 10.0. The number of nitrogens with two attached hydrogens (primary N) is 1. The third kappa shape index (κ3) is 3.85. The van der Waals surface area contributed by atoms with E-state index < -0.39 is 11.2 Å². The van der Waals surface area contributed by atoms with Crippen LogP contribution < -0.4 is 22.3 Å². The van der Waals surface area contributed by atoms with E-state index in [1.165, 1.54) is 24.4 Å². The number of fused-ring (bicyclic) bond motifs is 3. The van der Waals surface area contributed by atoms with Gasteiger partial charge in [-0.05, 0) is 37.5 Å². The van der Waals surface area contributed by atoms with E-state index in [1.54, 1.807) is 11.6 Å². The van der Waals surface area contributed by atoms with Gasteiger partial charge in [0.1, 0.15) is 0 Å². The molecular formula is C19H29ClN6O3. The summed E-state index contributed by atoms with van der Waals surface area (Å²) in [4.78, 5) is 41.3. The number of halogens is 1. The zero-order valence-corrected chi connectivity index (χ0v) is 17.7. The summed E-state index contributed by atoms with van der Waals surface area (Å²) in [5.41, 5.74) is 6.04. The van der Waals surface area contributed by atoms with Gasteiger partial charge in [-0.3, -0.25) is 18.7 Å². The maximum Gasteiger partial charge on any atom is 0.332 e. The fraction of sp³-hybridized carbons (Fsp3) is 0.684. The second-order valence-electron chi connectivity index (χ2n) is 8.34. The van der Waals surface area contributed by atoms with Crippen molar-refractivity contribution in [3.8, 4) is 0 Å². The molecule has 0 spiro atoms. The van der Waals surface area contributed by atoms with Gasteiger partial charge in [0, 0.05) is 39.1 Å². The molecule has 10 heteroatoms. The van der Waals surface area contributed by atoms with Gasteiger partial charge in [-0.1, -0.05) is 6.42 Å². The Hall–Kier alpha value is -2.13. The number of rotatable bonds is 4. The van der Waals surface area contributed by atoms with Crippen LogP contribution in [0.15, 0.2) is 15.9 Å². The van der Waals surface area contributed by atoms with Crippen molar-refractivity contribution in [2.45, 2.75) is 57.2 Å². The van der Waals surface area contributed by atoms with Crippen LogP contribution in [0.5, 0.6) is 0 Å². The summed E-state index contributed by atoms with van der Waals surface area (Å²) in [5, 5.41) is 3.23. The lowest BCUT2D eigenvalue weighted by Crippen LogP contribution is -2.53. The van der Waals surface area contributed by atoms with Crippen molar-refractivity contribution >= 4 is 29.5 Å². The minimum atomic E-state index is -0.414. The molecular weight excluding hydrogens is 396 g/mol. The second kappa shape index (κ2) is 8.31. The van der Waals surface area contributed by atoms with Crippen molar-refractivity contribution in [1.82, 2.24) is 24.0 Å². The normalized spacial score (nSPS) is 26.2. The number of carbonyl (C=O) groups excluding carboxylic acids is 1. The third-order valence-corrected chi connectivity index (χ3v) is 6.50. The molecule has 0 aromatic carbocycles. The Morgan fingerprint density at radius 1 is 1.21 bits per heavy atom. The van der Waals surface area contributed by atoms with E-state index in [4.69, 9.17) is 5.73 Å². The third-order valence-electron chi connectivity index (χ3n) is 6.50. The number of hydrogen-bond acceptors (Lipinski definition) is 5. The molecule has 3 N–H and O–H groups in total. The molecule has 1 amide bonds. The molecule has 2 heterocycles. The number of amides is 1. The predicted molar refractivity (Wildman–Crippen MR) is 112 cm³/mol. The molecule has 2 saturated carbocycles. The average molecular weight is 425 g/mol. The summed E-state index contributed by atoms with van der Waals surface area (Å²) in [7, 11) is 3.03. The predicted octanol–water partition coefficient (Wildman–Crippen LogP) is 0.268. The Labute approximate surface area is 174 Å². The van der Waals surface area contributed by atoms with Crippen molar-refractivity contribution in [1.29, 1.82) is 0 Å². The van der Waals surface area contributed by atoms with E-state index in [-0.39, 0.29) is 36.8 Å². The molecule has 0 saturated heterocycles. The Morgan fingerprint density at radius 2 is 1.86 bits per heavy atom. The lowest BCUT2D eigenvalue weighted by molar-refractivity contribution is -0.123. The number of aromatic nitrogens is 4. The molecule has 29 heavy (non-hydrogen) atoms. The van der Waals surface area contributed by atoms with E-state index in [0.29, 0.717) is 29.5 Å². The van der Waals surface area contributed by atoms with E-state index in [9.17, 15) is 14.4 Å². The highest BCUT2D eigenvalue weighted by atomic mass is 35.5. The fourth-order valence-corrected chi connectivity index (χ4v) is 5.07. The van der Waals surface area contributed by atoms with Gasteiger partial charge in [0.05, 0.1) is 6.33 Å². The van der Waals surface area contributed by atoms with Gasteiger partial charge < -0.3 is 15.6 Å². The number of carbonyl (C=O) groups is 1. The molecule has 2 aromatic heterocycles. The number of nitrogens with zero attached hydrogens (tertiary/aromatic N) is 4. The zero-order valence-electron chi connectivity index (χ0n) is 16.8. The van der Waals surface area contributed by atoms with Crippen molar-refractivity contribution < 1.29 is 4.79 Å². The summed E-state index contributed by atoms with van der Waals surface area (Å²) in [5.74, 6) is 0.936. The van der Waals surface area contributed by atoms with Crippen LogP contribution in [0.1, 0.15) is 38.5 Å². The molecule has 2 aliphatic carbocycles. The van der Waals surface area contributed by atoms with E-state index >= 15 is 0 Å². The number of aryl methyl sites for hydroxylation is 2. The molecule has 2 bridgehead atoms. The van der Waals surface area contributed by atoms with Crippen LogP contribution in [0, 0.1) is 11.8 Å². The first-order valence-corrected chi connectivity index (χ1v) is 10.0. The maximum atomic E-state index is 12.6. The topological polar surface area (TPSA) is 117 Å². The first-order chi connectivity index (χ1) is 13.4. The Morgan fingerprint density at radius 3 is 2.52 bits per heavy atom. The molecule has 9 nitrogen and oxygen atoms in total. The minimum absolute atomic E-state index is 0. The Bertz CT molecular complexity index is 1010. The summed E-state index contributed by atoms with van der Waals surface area (Å²) >= 11 is 0. The second-order valence-corrected chi connectivity index (χ2v) is 8.34. The van der Waals surface area contributed by atoms with Gasteiger partial charge in [0.25, 0.3) is 5.56 Å². The highest BCUT2D eigenvalue weighted by molar-refractivity contribution is 5.85. The zero-order chi connectivity index (χ0) is 20.0. The van der Waals surface area contributed by atoms with Gasteiger partial charge in [0.2, 0.25) is 5.91 Å². The maximum absolute atomic E-state index is 12.6. The lowest BCUT2D eigenvalue weighted by Gasteiger charge is -2.45. The number of nitrogens with one attached hydrogen (secondary N) is 1. The monoisotopic (exact) mass is 424 g/mol. The number of hydrogen-bond donors (Lipinski definition) is 2. The molecule has 2 aliphatic rings. The van der Waals surface area contributed by atoms with Gasteiger partial charge in [-0.15, -0.1) is 12.4 Å². The van der Waals surface area contributed by atoms with E-state index in [1.807, 2.05) is 0 Å². The van der Waals surface area contributed by atoms with Crippen molar-refractivity contribution in [3.05, 3.63) is 27.2 Å². The average Bonchev–Trinajstić information content (AvgIpc) is 3.08. The first kappa shape index (κ1) is 21.6. The smallest absolute Gasteiger partial charge is 0.332 e. The van der Waals surface area contributed by atoms with Crippen LogP contribution in [-0.4, -0.2) is 36.7 Å². The molecule has 2 atom stereocenters. The molecule has 4 rings (SSSR count). The van der Waals surface area contributed by atoms with Crippen LogP contribution in [0.2, 0.25) is 0 Å². The summed E-state index contributed by atoms with van der Waals surface area (Å²) < 4.78 is 4.07. The largest absolute Gasteiger partial charge is 0.353 e. The Balaban J connectivity index is 0.00000240. The van der Waals surface area contributed by atoms with Crippen LogP contribution in [0.25, 0.3) is 11.2 Å². The summed E-state index contributed by atoms with van der Waals surface area (Å²) in [6.07, 6.45) is 7.23. The molecule has 160 valence electrons.